The van der Waals surface area contributed by atoms with Gasteiger partial charge in [-0.3, -0.25) is 0 Å². The third-order valence-corrected chi connectivity index (χ3v) is 3.76. The molecule has 0 aliphatic carbocycles. The Balaban J connectivity index is 2.20. The van der Waals surface area contributed by atoms with Gasteiger partial charge >= 0.3 is 5.97 Å². The number of aliphatic hydroxyl groups is 1. The van der Waals surface area contributed by atoms with Gasteiger partial charge in [0.25, 0.3) is 0 Å². The molecule has 0 spiro atoms. The first-order chi connectivity index (χ1) is 11.3. The Morgan fingerprint density at radius 2 is 1.78 bits per heavy atom. The third kappa shape index (κ3) is 9.36. The van der Waals surface area contributed by atoms with Gasteiger partial charge in [0.05, 0.1) is 12.2 Å². The summed E-state index contributed by atoms with van der Waals surface area (Å²) in [6.07, 6.45) is 7.57. The fourth-order valence-electron chi connectivity index (χ4n) is 2.31. The number of hydrogen-bond acceptors (Lipinski definition) is 4. The van der Waals surface area contributed by atoms with Crippen LogP contribution in [0.3, 0.4) is 0 Å². The number of carbonyl (C=O) groups is 1. The summed E-state index contributed by atoms with van der Waals surface area (Å²) < 4.78 is 5.30. The molecule has 0 amide bonds. The normalized spacial score (nSPS) is 10.7. The van der Waals surface area contributed by atoms with Crippen molar-refractivity contribution >= 4 is 5.97 Å². The zero-order valence-corrected chi connectivity index (χ0v) is 14.4. The van der Waals surface area contributed by atoms with Crippen LogP contribution in [0, 0.1) is 0 Å². The summed E-state index contributed by atoms with van der Waals surface area (Å²) in [4.78, 5) is 11.9. The maximum atomic E-state index is 11.9. The Kier molecular flexibility index (Phi) is 11.2. The number of nitrogens with one attached hydrogen (secondary N) is 1. The third-order valence-electron chi connectivity index (χ3n) is 3.76. The molecule has 1 rings (SSSR count). The van der Waals surface area contributed by atoms with Crippen molar-refractivity contribution in [1.29, 1.82) is 0 Å². The van der Waals surface area contributed by atoms with E-state index in [9.17, 15) is 4.79 Å². The van der Waals surface area contributed by atoms with E-state index in [4.69, 9.17) is 9.84 Å². The fraction of sp³-hybridized carbons (Fsp3) is 0.632. The SMILES string of the molecule is CCCCCCCOC(=O)c1ccc(CNCCCCO)cc1. The molecule has 0 unspecified atom stereocenters. The summed E-state index contributed by atoms with van der Waals surface area (Å²) in [7, 11) is 0. The Bertz CT molecular complexity index is 417. The monoisotopic (exact) mass is 321 g/mol. The topological polar surface area (TPSA) is 58.6 Å². The molecule has 2 N–H and O–H groups in total. The lowest BCUT2D eigenvalue weighted by atomic mass is 10.1. The van der Waals surface area contributed by atoms with Crippen LogP contribution in [0.2, 0.25) is 0 Å². The summed E-state index contributed by atoms with van der Waals surface area (Å²) in [5, 5.41) is 12.0. The van der Waals surface area contributed by atoms with Crippen molar-refractivity contribution in [2.75, 3.05) is 19.8 Å². The molecule has 0 saturated carbocycles. The molecule has 0 saturated heterocycles. The summed E-state index contributed by atoms with van der Waals surface area (Å²) in [5.74, 6) is -0.233. The molecule has 0 radical (unpaired) electrons. The van der Waals surface area contributed by atoms with Crippen molar-refractivity contribution in [2.24, 2.45) is 0 Å². The van der Waals surface area contributed by atoms with E-state index in [0.29, 0.717) is 12.2 Å². The zero-order chi connectivity index (χ0) is 16.8. The van der Waals surface area contributed by atoms with Crippen molar-refractivity contribution in [3.05, 3.63) is 35.4 Å². The first-order valence-corrected chi connectivity index (χ1v) is 8.85. The molecule has 130 valence electrons. The Morgan fingerprint density at radius 3 is 2.48 bits per heavy atom. The molecule has 0 aliphatic heterocycles. The van der Waals surface area contributed by atoms with Crippen LogP contribution in [0.25, 0.3) is 0 Å². The van der Waals surface area contributed by atoms with Gasteiger partial charge in [0.1, 0.15) is 0 Å². The number of carbonyl (C=O) groups excluding carboxylic acids is 1. The molecule has 0 aliphatic rings. The minimum Gasteiger partial charge on any atom is -0.462 e. The second-order valence-electron chi connectivity index (χ2n) is 5.85. The van der Waals surface area contributed by atoms with Crippen LogP contribution in [0.1, 0.15) is 67.8 Å². The molecule has 0 heterocycles. The van der Waals surface area contributed by atoms with Crippen LogP contribution in [-0.4, -0.2) is 30.8 Å². The van der Waals surface area contributed by atoms with Gasteiger partial charge in [0.2, 0.25) is 0 Å². The van der Waals surface area contributed by atoms with E-state index in [2.05, 4.69) is 12.2 Å². The molecule has 1 aromatic rings. The number of rotatable bonds is 13. The highest BCUT2D eigenvalue weighted by atomic mass is 16.5. The average molecular weight is 321 g/mol. The molecular weight excluding hydrogens is 290 g/mol. The quantitative estimate of drug-likeness (QED) is 0.430. The Morgan fingerprint density at radius 1 is 1.04 bits per heavy atom. The number of esters is 1. The summed E-state index contributed by atoms with van der Waals surface area (Å²) >= 11 is 0. The highest BCUT2D eigenvalue weighted by molar-refractivity contribution is 5.89. The van der Waals surface area contributed by atoms with Gasteiger partial charge in [0.15, 0.2) is 0 Å². The maximum absolute atomic E-state index is 11.9. The molecule has 4 nitrogen and oxygen atoms in total. The number of unbranched alkanes of at least 4 members (excludes halogenated alkanes) is 5. The van der Waals surface area contributed by atoms with Crippen LogP contribution in [-0.2, 0) is 11.3 Å². The van der Waals surface area contributed by atoms with E-state index in [1.165, 1.54) is 19.3 Å². The van der Waals surface area contributed by atoms with E-state index >= 15 is 0 Å². The van der Waals surface area contributed by atoms with Crippen molar-refractivity contribution in [2.45, 2.75) is 58.4 Å². The standard InChI is InChI=1S/C19H31NO3/c1-2-3-4-5-8-15-23-19(22)18-11-9-17(10-12-18)16-20-13-6-7-14-21/h9-12,20-21H,2-8,13-16H2,1H3. The summed E-state index contributed by atoms with van der Waals surface area (Å²) in [5.41, 5.74) is 1.76. The Labute approximate surface area is 140 Å². The highest BCUT2D eigenvalue weighted by Gasteiger charge is 2.06. The number of ether oxygens (including phenoxy) is 1. The number of benzene rings is 1. The Hall–Kier alpha value is -1.39. The largest absolute Gasteiger partial charge is 0.462 e. The van der Waals surface area contributed by atoms with Gasteiger partial charge in [-0.1, -0.05) is 44.7 Å². The molecule has 0 bridgehead atoms. The van der Waals surface area contributed by atoms with Gasteiger partial charge < -0.3 is 15.2 Å². The fourth-order valence-corrected chi connectivity index (χ4v) is 2.31. The minimum atomic E-state index is -0.233. The zero-order valence-electron chi connectivity index (χ0n) is 14.4. The first kappa shape index (κ1) is 19.7. The molecule has 0 fully saturated rings. The van der Waals surface area contributed by atoms with Crippen molar-refractivity contribution in [3.8, 4) is 0 Å². The van der Waals surface area contributed by atoms with E-state index in [-0.39, 0.29) is 12.6 Å². The first-order valence-electron chi connectivity index (χ1n) is 8.85. The van der Waals surface area contributed by atoms with Gasteiger partial charge in [-0.2, -0.15) is 0 Å². The maximum Gasteiger partial charge on any atom is 0.338 e. The molecule has 1 aromatic carbocycles. The molecule has 0 aromatic heterocycles. The number of hydrogen-bond donors (Lipinski definition) is 2. The smallest absolute Gasteiger partial charge is 0.338 e. The van der Waals surface area contributed by atoms with Crippen molar-refractivity contribution in [3.63, 3.8) is 0 Å². The van der Waals surface area contributed by atoms with Crippen molar-refractivity contribution in [1.82, 2.24) is 5.32 Å². The summed E-state index contributed by atoms with van der Waals surface area (Å²) in [6, 6.07) is 7.56. The van der Waals surface area contributed by atoms with Gasteiger partial charge in [0, 0.05) is 13.2 Å². The molecule has 4 heteroatoms. The van der Waals surface area contributed by atoms with Gasteiger partial charge in [-0.25, -0.2) is 4.79 Å². The van der Waals surface area contributed by atoms with Crippen LogP contribution < -0.4 is 5.32 Å². The van der Waals surface area contributed by atoms with E-state index in [1.54, 1.807) is 0 Å². The lowest BCUT2D eigenvalue weighted by Gasteiger charge is -2.07. The van der Waals surface area contributed by atoms with E-state index in [1.807, 2.05) is 24.3 Å². The van der Waals surface area contributed by atoms with Crippen molar-refractivity contribution < 1.29 is 14.6 Å². The summed E-state index contributed by atoms with van der Waals surface area (Å²) in [6.45, 7) is 4.61. The predicted octanol–water partition coefficient (Wildman–Crippen LogP) is 3.68. The minimum absolute atomic E-state index is 0.233. The van der Waals surface area contributed by atoms with Crippen LogP contribution in [0.4, 0.5) is 0 Å². The molecular formula is C19H31NO3. The van der Waals surface area contributed by atoms with Crippen LogP contribution >= 0.6 is 0 Å². The van der Waals surface area contributed by atoms with Crippen LogP contribution in [0.5, 0.6) is 0 Å². The predicted molar refractivity (Wildman–Crippen MR) is 93.5 cm³/mol. The lowest BCUT2D eigenvalue weighted by molar-refractivity contribution is 0.0497. The van der Waals surface area contributed by atoms with Gasteiger partial charge in [-0.15, -0.1) is 0 Å². The van der Waals surface area contributed by atoms with E-state index < -0.39 is 0 Å². The second-order valence-corrected chi connectivity index (χ2v) is 5.85. The van der Waals surface area contributed by atoms with Crippen LogP contribution in [0.15, 0.2) is 24.3 Å². The number of aliphatic hydroxyl groups excluding tert-OH is 1. The second kappa shape index (κ2) is 13.1. The lowest BCUT2D eigenvalue weighted by Crippen LogP contribution is -2.15. The molecule has 23 heavy (non-hydrogen) atoms. The van der Waals surface area contributed by atoms with Gasteiger partial charge in [-0.05, 0) is 43.5 Å². The highest BCUT2D eigenvalue weighted by Crippen LogP contribution is 2.08. The van der Waals surface area contributed by atoms with E-state index in [0.717, 1.165) is 44.3 Å². The average Bonchev–Trinajstić information content (AvgIpc) is 2.58. The molecule has 0 atom stereocenters.